The highest BCUT2D eigenvalue weighted by Gasteiger charge is 1.94. The van der Waals surface area contributed by atoms with Crippen molar-refractivity contribution in [1.29, 1.82) is 0 Å². The quantitative estimate of drug-likeness (QED) is 0.665. The molecule has 0 bridgehead atoms. The molecule has 2 heteroatoms. The summed E-state index contributed by atoms with van der Waals surface area (Å²) in [6, 6.07) is 27.3. The van der Waals surface area contributed by atoms with Crippen molar-refractivity contribution in [3.63, 3.8) is 0 Å². The van der Waals surface area contributed by atoms with Crippen LogP contribution in [0.3, 0.4) is 0 Å². The Balaban J connectivity index is 0.000000194. The van der Waals surface area contributed by atoms with E-state index in [0.29, 0.717) is 0 Å². The van der Waals surface area contributed by atoms with E-state index in [1.165, 1.54) is 5.56 Å². The number of ether oxygens (including phenoxy) is 1. The van der Waals surface area contributed by atoms with Gasteiger partial charge in [0.25, 0.3) is 0 Å². The number of aryl methyl sites for hydroxylation is 1. The lowest BCUT2D eigenvalue weighted by Gasteiger charge is -2.04. The average Bonchev–Trinajstić information content (AvgIpc) is 2.52. The molecular formula is C19H19NO. The Morgan fingerprint density at radius 2 is 1.10 bits per heavy atom. The maximum Gasteiger partial charge on any atom is 0.127 e. The Kier molecular flexibility index (Phi) is 5.41. The zero-order valence-corrected chi connectivity index (χ0v) is 12.1. The predicted molar refractivity (Wildman–Crippen MR) is 88.5 cm³/mol. The highest BCUT2D eigenvalue weighted by Crippen LogP contribution is 2.21. The van der Waals surface area contributed by atoms with Crippen molar-refractivity contribution in [2.24, 2.45) is 0 Å². The van der Waals surface area contributed by atoms with Gasteiger partial charge >= 0.3 is 0 Å². The molecule has 3 aromatic carbocycles. The van der Waals surface area contributed by atoms with Crippen LogP contribution in [-0.4, -0.2) is 0 Å². The summed E-state index contributed by atoms with van der Waals surface area (Å²) in [7, 11) is 0. The summed E-state index contributed by atoms with van der Waals surface area (Å²) in [6.07, 6.45) is 0. The summed E-state index contributed by atoms with van der Waals surface area (Å²) in [5, 5.41) is 0. The van der Waals surface area contributed by atoms with Gasteiger partial charge in [0.05, 0.1) is 0 Å². The van der Waals surface area contributed by atoms with Crippen molar-refractivity contribution >= 4 is 5.69 Å². The van der Waals surface area contributed by atoms with Gasteiger partial charge in [-0.3, -0.25) is 0 Å². The number of hydrogen-bond donors (Lipinski definition) is 1. The van der Waals surface area contributed by atoms with Gasteiger partial charge in [0, 0.05) is 5.69 Å². The van der Waals surface area contributed by atoms with E-state index in [0.717, 1.165) is 17.2 Å². The van der Waals surface area contributed by atoms with Crippen LogP contribution in [0.25, 0.3) is 0 Å². The topological polar surface area (TPSA) is 35.2 Å². The largest absolute Gasteiger partial charge is 0.457 e. The number of para-hydroxylation sites is 1. The summed E-state index contributed by atoms with van der Waals surface area (Å²) in [4.78, 5) is 0. The third-order valence-corrected chi connectivity index (χ3v) is 2.80. The van der Waals surface area contributed by atoms with E-state index in [-0.39, 0.29) is 0 Å². The van der Waals surface area contributed by atoms with Crippen LogP contribution in [0.1, 0.15) is 5.56 Å². The molecule has 0 spiro atoms. The monoisotopic (exact) mass is 277 g/mol. The van der Waals surface area contributed by atoms with Gasteiger partial charge in [-0.05, 0) is 43.3 Å². The average molecular weight is 277 g/mol. The first-order valence-corrected chi connectivity index (χ1v) is 6.84. The van der Waals surface area contributed by atoms with E-state index >= 15 is 0 Å². The first kappa shape index (κ1) is 14.7. The number of anilines is 1. The van der Waals surface area contributed by atoms with E-state index in [2.05, 4.69) is 19.1 Å². The zero-order valence-electron chi connectivity index (χ0n) is 12.1. The maximum atomic E-state index is 5.58. The van der Waals surface area contributed by atoms with E-state index in [9.17, 15) is 0 Å². The van der Waals surface area contributed by atoms with E-state index in [4.69, 9.17) is 10.5 Å². The van der Waals surface area contributed by atoms with Crippen LogP contribution in [0.4, 0.5) is 5.69 Å². The third-order valence-electron chi connectivity index (χ3n) is 2.80. The molecule has 0 aliphatic rings. The second-order valence-electron chi connectivity index (χ2n) is 4.64. The lowest BCUT2D eigenvalue weighted by molar-refractivity contribution is 0.483. The Hall–Kier alpha value is -2.74. The van der Waals surface area contributed by atoms with Gasteiger partial charge in [-0.15, -0.1) is 0 Å². The number of rotatable bonds is 2. The van der Waals surface area contributed by atoms with Gasteiger partial charge in [-0.1, -0.05) is 54.1 Å². The zero-order chi connectivity index (χ0) is 14.9. The molecule has 2 N–H and O–H groups in total. The summed E-state index contributed by atoms with van der Waals surface area (Å²) in [6.45, 7) is 2.08. The lowest BCUT2D eigenvalue weighted by Crippen LogP contribution is -1.85. The summed E-state index contributed by atoms with van der Waals surface area (Å²) >= 11 is 0. The minimum absolute atomic E-state index is 0.741. The molecule has 0 aliphatic heterocycles. The normalized spacial score (nSPS) is 9.38. The molecule has 0 aromatic heterocycles. The fourth-order valence-corrected chi connectivity index (χ4v) is 1.69. The molecule has 0 radical (unpaired) electrons. The van der Waals surface area contributed by atoms with Crippen molar-refractivity contribution in [2.45, 2.75) is 6.92 Å². The van der Waals surface area contributed by atoms with Gasteiger partial charge < -0.3 is 10.5 Å². The molecule has 3 aromatic rings. The molecule has 0 heterocycles. The van der Waals surface area contributed by atoms with Crippen molar-refractivity contribution < 1.29 is 4.74 Å². The molecule has 0 atom stereocenters. The van der Waals surface area contributed by atoms with Crippen LogP contribution < -0.4 is 10.5 Å². The van der Waals surface area contributed by atoms with Crippen LogP contribution in [0.2, 0.25) is 0 Å². The smallest absolute Gasteiger partial charge is 0.127 e. The van der Waals surface area contributed by atoms with Crippen LogP contribution in [0, 0.1) is 6.92 Å². The number of nitrogens with two attached hydrogens (primary N) is 1. The second-order valence-corrected chi connectivity index (χ2v) is 4.64. The summed E-state index contributed by atoms with van der Waals surface area (Å²) < 4.78 is 5.58. The highest BCUT2D eigenvalue weighted by atomic mass is 16.5. The molecule has 0 unspecified atom stereocenters. The minimum Gasteiger partial charge on any atom is -0.457 e. The van der Waals surface area contributed by atoms with Gasteiger partial charge in [-0.25, -0.2) is 0 Å². The SMILES string of the molecule is Cc1ccccc1.Nc1ccc(Oc2ccccc2)cc1. The minimum atomic E-state index is 0.741. The molecule has 0 amide bonds. The van der Waals surface area contributed by atoms with Crippen molar-refractivity contribution in [3.8, 4) is 11.5 Å². The molecule has 0 fully saturated rings. The van der Waals surface area contributed by atoms with Crippen LogP contribution in [-0.2, 0) is 0 Å². The first-order valence-electron chi connectivity index (χ1n) is 6.84. The maximum absolute atomic E-state index is 5.58. The number of benzene rings is 3. The lowest BCUT2D eigenvalue weighted by atomic mass is 10.2. The van der Waals surface area contributed by atoms with E-state index in [1.54, 1.807) is 0 Å². The van der Waals surface area contributed by atoms with Gasteiger partial charge in [0.15, 0.2) is 0 Å². The Morgan fingerprint density at radius 1 is 0.619 bits per heavy atom. The van der Waals surface area contributed by atoms with E-state index < -0.39 is 0 Å². The van der Waals surface area contributed by atoms with Crippen LogP contribution in [0.5, 0.6) is 11.5 Å². The summed E-state index contributed by atoms with van der Waals surface area (Å²) in [5.41, 5.74) is 7.63. The fourth-order valence-electron chi connectivity index (χ4n) is 1.69. The Labute approximate surface area is 125 Å². The van der Waals surface area contributed by atoms with Gasteiger partial charge in [-0.2, -0.15) is 0 Å². The molecule has 0 aliphatic carbocycles. The molecular weight excluding hydrogens is 258 g/mol. The molecule has 0 saturated heterocycles. The van der Waals surface area contributed by atoms with Crippen LogP contribution >= 0.6 is 0 Å². The Morgan fingerprint density at radius 3 is 1.57 bits per heavy atom. The van der Waals surface area contributed by atoms with Crippen molar-refractivity contribution in [2.75, 3.05) is 5.73 Å². The highest BCUT2D eigenvalue weighted by molar-refractivity contribution is 5.42. The molecule has 21 heavy (non-hydrogen) atoms. The van der Waals surface area contributed by atoms with Crippen molar-refractivity contribution in [3.05, 3.63) is 90.5 Å². The van der Waals surface area contributed by atoms with Gasteiger partial charge in [0.1, 0.15) is 11.5 Å². The molecule has 2 nitrogen and oxygen atoms in total. The second kappa shape index (κ2) is 7.75. The number of nitrogen functional groups attached to an aromatic ring is 1. The first-order chi connectivity index (χ1) is 10.2. The molecule has 0 saturated carbocycles. The predicted octanol–water partition coefficient (Wildman–Crippen LogP) is 5.06. The van der Waals surface area contributed by atoms with Gasteiger partial charge in [0.2, 0.25) is 0 Å². The standard InChI is InChI=1S/C12H11NO.C7H8/c13-10-6-8-12(9-7-10)14-11-4-2-1-3-5-11;1-7-5-3-2-4-6-7/h1-9H,13H2;2-6H,1H3. The molecule has 3 rings (SSSR count). The Bertz CT molecular complexity index is 633. The van der Waals surface area contributed by atoms with Crippen molar-refractivity contribution in [1.82, 2.24) is 0 Å². The van der Waals surface area contributed by atoms with Crippen LogP contribution in [0.15, 0.2) is 84.9 Å². The summed E-state index contributed by atoms with van der Waals surface area (Å²) in [5.74, 6) is 1.63. The molecule has 106 valence electrons. The third kappa shape index (κ3) is 5.41. The fraction of sp³-hybridized carbons (Fsp3) is 0.0526. The van der Waals surface area contributed by atoms with E-state index in [1.807, 2.05) is 72.8 Å². The number of hydrogen-bond acceptors (Lipinski definition) is 2.